The fraction of sp³-hybridized carbons (Fsp3) is 0.444. The molecule has 21 heavy (non-hydrogen) atoms. The van der Waals surface area contributed by atoms with Crippen LogP contribution < -0.4 is 0 Å². The number of Topliss-reactive ketones (excluding diaryl/α,β-unsaturated/α-hetero) is 1. The number of carbonyl (C=O) groups is 1. The van der Waals surface area contributed by atoms with E-state index in [4.69, 9.17) is 0 Å². The van der Waals surface area contributed by atoms with Gasteiger partial charge in [0.2, 0.25) is 0 Å². The Labute approximate surface area is 127 Å². The SMILES string of the molecule is CCc1cc(C(=O)Cc2ccc(C(C)(C)C)cc2)n(C)n1. The van der Waals surface area contributed by atoms with Crippen LogP contribution in [0.25, 0.3) is 0 Å². The standard InChI is InChI=1S/C18H24N2O/c1-6-15-12-16(20(5)19-15)17(21)11-13-7-9-14(10-8-13)18(2,3)4/h7-10,12H,6,11H2,1-5H3. The van der Waals surface area contributed by atoms with E-state index in [1.807, 2.05) is 20.0 Å². The van der Waals surface area contributed by atoms with Gasteiger partial charge in [0, 0.05) is 13.5 Å². The molecular formula is C18H24N2O. The van der Waals surface area contributed by atoms with Gasteiger partial charge in [-0.05, 0) is 29.0 Å². The zero-order chi connectivity index (χ0) is 15.6. The van der Waals surface area contributed by atoms with Crippen LogP contribution in [0.15, 0.2) is 30.3 Å². The highest BCUT2D eigenvalue weighted by Crippen LogP contribution is 2.22. The molecule has 0 amide bonds. The molecule has 0 saturated heterocycles. The van der Waals surface area contributed by atoms with E-state index in [1.54, 1.807) is 4.68 Å². The van der Waals surface area contributed by atoms with Crippen LogP contribution in [0.1, 0.15) is 55.0 Å². The first-order valence-electron chi connectivity index (χ1n) is 7.47. The third-order valence-electron chi connectivity index (χ3n) is 3.76. The van der Waals surface area contributed by atoms with Gasteiger partial charge in [-0.1, -0.05) is 52.0 Å². The Morgan fingerprint density at radius 2 is 1.81 bits per heavy atom. The smallest absolute Gasteiger partial charge is 0.185 e. The summed E-state index contributed by atoms with van der Waals surface area (Å²) >= 11 is 0. The molecule has 0 saturated carbocycles. The largest absolute Gasteiger partial charge is 0.292 e. The predicted octanol–water partition coefficient (Wildman–Crippen LogP) is 3.71. The monoisotopic (exact) mass is 284 g/mol. The fourth-order valence-corrected chi connectivity index (χ4v) is 2.36. The summed E-state index contributed by atoms with van der Waals surface area (Å²) in [5, 5.41) is 4.33. The van der Waals surface area contributed by atoms with Crippen molar-refractivity contribution >= 4 is 5.78 Å². The van der Waals surface area contributed by atoms with Crippen molar-refractivity contribution in [2.75, 3.05) is 0 Å². The maximum absolute atomic E-state index is 12.4. The van der Waals surface area contributed by atoms with E-state index in [1.165, 1.54) is 5.56 Å². The van der Waals surface area contributed by atoms with Crippen LogP contribution in [0.3, 0.4) is 0 Å². The number of ketones is 1. The minimum Gasteiger partial charge on any atom is -0.292 e. The Morgan fingerprint density at radius 1 is 1.19 bits per heavy atom. The lowest BCUT2D eigenvalue weighted by Gasteiger charge is -2.19. The van der Waals surface area contributed by atoms with Crippen LogP contribution >= 0.6 is 0 Å². The molecule has 3 nitrogen and oxygen atoms in total. The molecule has 3 heteroatoms. The van der Waals surface area contributed by atoms with Crippen molar-refractivity contribution in [1.82, 2.24) is 9.78 Å². The highest BCUT2D eigenvalue weighted by Gasteiger charge is 2.15. The van der Waals surface area contributed by atoms with Gasteiger partial charge in [-0.2, -0.15) is 5.10 Å². The molecule has 0 fully saturated rings. The van der Waals surface area contributed by atoms with Gasteiger partial charge < -0.3 is 0 Å². The molecule has 1 heterocycles. The van der Waals surface area contributed by atoms with E-state index in [2.05, 4.69) is 50.1 Å². The lowest BCUT2D eigenvalue weighted by atomic mass is 9.86. The van der Waals surface area contributed by atoms with Crippen LogP contribution in [0.4, 0.5) is 0 Å². The van der Waals surface area contributed by atoms with Crippen molar-refractivity contribution in [2.45, 2.75) is 46.0 Å². The first-order chi connectivity index (χ1) is 9.81. The first kappa shape index (κ1) is 15.5. The number of hydrogen-bond acceptors (Lipinski definition) is 2. The molecule has 1 aromatic carbocycles. The number of rotatable bonds is 4. The molecule has 0 atom stereocenters. The molecule has 0 aliphatic carbocycles. The summed E-state index contributed by atoms with van der Waals surface area (Å²) in [4.78, 5) is 12.4. The average Bonchev–Trinajstić information content (AvgIpc) is 2.80. The molecule has 0 bridgehead atoms. The summed E-state index contributed by atoms with van der Waals surface area (Å²) in [6.45, 7) is 8.61. The van der Waals surface area contributed by atoms with Crippen LogP contribution in [0.5, 0.6) is 0 Å². The van der Waals surface area contributed by atoms with E-state index in [0.717, 1.165) is 17.7 Å². The lowest BCUT2D eigenvalue weighted by molar-refractivity contribution is 0.0984. The van der Waals surface area contributed by atoms with E-state index < -0.39 is 0 Å². The van der Waals surface area contributed by atoms with Crippen LogP contribution in [-0.2, 0) is 25.3 Å². The molecule has 0 aliphatic heterocycles. The zero-order valence-corrected chi connectivity index (χ0v) is 13.6. The minimum absolute atomic E-state index is 0.119. The van der Waals surface area contributed by atoms with E-state index >= 15 is 0 Å². The highest BCUT2D eigenvalue weighted by atomic mass is 16.1. The first-order valence-corrected chi connectivity index (χ1v) is 7.47. The zero-order valence-electron chi connectivity index (χ0n) is 13.6. The van der Waals surface area contributed by atoms with Crippen molar-refractivity contribution in [1.29, 1.82) is 0 Å². The quantitative estimate of drug-likeness (QED) is 0.802. The van der Waals surface area contributed by atoms with Crippen LogP contribution in [-0.4, -0.2) is 15.6 Å². The Hall–Kier alpha value is -1.90. The van der Waals surface area contributed by atoms with Crippen LogP contribution in [0.2, 0.25) is 0 Å². The van der Waals surface area contributed by atoms with Gasteiger partial charge in [-0.3, -0.25) is 9.48 Å². The second-order valence-electron chi connectivity index (χ2n) is 6.54. The molecule has 2 rings (SSSR count). The number of nitrogens with zero attached hydrogens (tertiary/aromatic N) is 2. The molecule has 0 N–H and O–H groups in total. The molecule has 1 aromatic heterocycles. The molecule has 112 valence electrons. The Morgan fingerprint density at radius 3 is 2.29 bits per heavy atom. The summed E-state index contributed by atoms with van der Waals surface area (Å²) in [5.74, 6) is 0.119. The summed E-state index contributed by atoms with van der Waals surface area (Å²) in [6.07, 6.45) is 1.27. The van der Waals surface area contributed by atoms with Gasteiger partial charge in [0.05, 0.1) is 5.69 Å². The van der Waals surface area contributed by atoms with E-state index in [0.29, 0.717) is 12.1 Å². The summed E-state index contributed by atoms with van der Waals surface area (Å²) in [6, 6.07) is 10.2. The van der Waals surface area contributed by atoms with E-state index in [-0.39, 0.29) is 11.2 Å². The molecule has 0 unspecified atom stereocenters. The highest BCUT2D eigenvalue weighted by molar-refractivity contribution is 5.96. The second-order valence-corrected chi connectivity index (χ2v) is 6.54. The third-order valence-corrected chi connectivity index (χ3v) is 3.76. The molecule has 0 aliphatic rings. The summed E-state index contributed by atoms with van der Waals surface area (Å²) in [7, 11) is 1.83. The average molecular weight is 284 g/mol. The molecule has 0 spiro atoms. The third kappa shape index (κ3) is 3.60. The minimum atomic E-state index is 0.119. The fourth-order valence-electron chi connectivity index (χ4n) is 2.36. The lowest BCUT2D eigenvalue weighted by Crippen LogP contribution is -2.12. The number of hydrogen-bond donors (Lipinski definition) is 0. The molecule has 2 aromatic rings. The number of aromatic nitrogens is 2. The second kappa shape index (κ2) is 5.84. The maximum Gasteiger partial charge on any atom is 0.185 e. The van der Waals surface area contributed by atoms with Gasteiger partial charge in [-0.15, -0.1) is 0 Å². The predicted molar refractivity (Wildman–Crippen MR) is 85.8 cm³/mol. The maximum atomic E-state index is 12.4. The van der Waals surface area contributed by atoms with Crippen molar-refractivity contribution in [3.8, 4) is 0 Å². The van der Waals surface area contributed by atoms with Crippen LogP contribution in [0, 0.1) is 0 Å². The normalized spacial score (nSPS) is 11.7. The van der Waals surface area contributed by atoms with Crippen molar-refractivity contribution in [3.05, 3.63) is 52.8 Å². The van der Waals surface area contributed by atoms with Gasteiger partial charge >= 0.3 is 0 Å². The number of benzene rings is 1. The molecular weight excluding hydrogens is 260 g/mol. The molecule has 0 radical (unpaired) electrons. The van der Waals surface area contributed by atoms with Gasteiger partial charge in [0.1, 0.15) is 5.69 Å². The Balaban J connectivity index is 2.14. The van der Waals surface area contributed by atoms with Gasteiger partial charge in [-0.25, -0.2) is 0 Å². The summed E-state index contributed by atoms with van der Waals surface area (Å²) < 4.78 is 1.69. The van der Waals surface area contributed by atoms with Crippen molar-refractivity contribution < 1.29 is 4.79 Å². The van der Waals surface area contributed by atoms with E-state index in [9.17, 15) is 4.79 Å². The Bertz CT molecular complexity index is 630. The Kier molecular flexibility index (Phi) is 4.31. The number of carbonyl (C=O) groups excluding carboxylic acids is 1. The van der Waals surface area contributed by atoms with Gasteiger partial charge in [0.25, 0.3) is 0 Å². The van der Waals surface area contributed by atoms with Crippen molar-refractivity contribution in [3.63, 3.8) is 0 Å². The van der Waals surface area contributed by atoms with Crippen molar-refractivity contribution in [2.24, 2.45) is 7.05 Å². The summed E-state index contributed by atoms with van der Waals surface area (Å²) in [5.41, 5.74) is 4.12. The van der Waals surface area contributed by atoms with Gasteiger partial charge in [0.15, 0.2) is 5.78 Å². The topological polar surface area (TPSA) is 34.9 Å². The number of aryl methyl sites for hydroxylation is 2.